The average Bonchev–Trinajstić information content (AvgIpc) is 2.02. The minimum atomic E-state index is -0.903. The predicted octanol–water partition coefficient (Wildman–Crippen LogP) is -0.322. The molecule has 0 saturated carbocycles. The zero-order chi connectivity index (χ0) is 11.1. The van der Waals surface area contributed by atoms with Crippen LogP contribution in [0.25, 0.3) is 0 Å². The van der Waals surface area contributed by atoms with Crippen LogP contribution in [0, 0.1) is 10.1 Å². The van der Waals surface area contributed by atoms with Crippen LogP contribution in [0.5, 0.6) is 0 Å². The van der Waals surface area contributed by atoms with E-state index < -0.39 is 16.8 Å². The highest BCUT2D eigenvalue weighted by molar-refractivity contribution is 6.35. The Morgan fingerprint density at radius 2 is 2.14 bits per heavy atom. The molecule has 0 aromatic carbocycles. The largest absolute Gasteiger partial charge is 0.347 e. The first kappa shape index (κ1) is 12.3. The number of rotatable bonds is 6. The Morgan fingerprint density at radius 1 is 1.57 bits per heavy atom. The van der Waals surface area contributed by atoms with E-state index in [1.807, 2.05) is 0 Å². The number of carbonyl (C=O) groups excluding carboxylic acids is 2. The Morgan fingerprint density at radius 3 is 2.57 bits per heavy atom. The van der Waals surface area contributed by atoms with Gasteiger partial charge in [-0.1, -0.05) is 0 Å². The molecule has 0 aliphatic rings. The summed E-state index contributed by atoms with van der Waals surface area (Å²) in [6.07, 6.45) is 0.278. The van der Waals surface area contributed by atoms with Crippen molar-refractivity contribution in [2.45, 2.75) is 26.3 Å². The second-order valence-electron chi connectivity index (χ2n) is 2.78. The average molecular weight is 204 g/mol. The number of nitrogens with zero attached hydrogens (tertiary/aromatic N) is 1. The summed E-state index contributed by atoms with van der Waals surface area (Å²) in [6, 6.07) is -0.327. The van der Waals surface area contributed by atoms with Crippen LogP contribution in [0.2, 0.25) is 0 Å². The molecule has 1 amide bonds. The van der Waals surface area contributed by atoms with Gasteiger partial charge in [-0.2, -0.15) is 0 Å². The molecule has 0 saturated heterocycles. The SMILES string of the molecule is CC(=O)C(=O)NC(C)CCO[N+](=O)[O-]. The van der Waals surface area contributed by atoms with Crippen LogP contribution in [0.4, 0.5) is 0 Å². The molecule has 0 aromatic rings. The summed E-state index contributed by atoms with van der Waals surface area (Å²) in [5.41, 5.74) is 0. The Bertz CT molecular complexity index is 240. The first-order chi connectivity index (χ1) is 6.43. The summed E-state index contributed by atoms with van der Waals surface area (Å²) in [5.74, 6) is -1.29. The Hall–Kier alpha value is -1.66. The lowest BCUT2D eigenvalue weighted by molar-refractivity contribution is -0.757. The van der Waals surface area contributed by atoms with Crippen molar-refractivity contribution in [1.82, 2.24) is 5.32 Å². The summed E-state index contributed by atoms with van der Waals surface area (Å²) < 4.78 is 0. The molecule has 0 rings (SSSR count). The van der Waals surface area contributed by atoms with Crippen molar-refractivity contribution in [2.24, 2.45) is 0 Å². The standard InChI is InChI=1S/C7H12N2O5/c1-5(3-4-14-9(12)13)8-7(11)6(2)10/h5H,3-4H2,1-2H3,(H,8,11). The van der Waals surface area contributed by atoms with Gasteiger partial charge in [-0.25, -0.2) is 0 Å². The lowest BCUT2D eigenvalue weighted by Crippen LogP contribution is -2.37. The van der Waals surface area contributed by atoms with Gasteiger partial charge < -0.3 is 10.2 Å². The molecule has 0 heterocycles. The monoisotopic (exact) mass is 204 g/mol. The van der Waals surface area contributed by atoms with Crippen LogP contribution in [-0.4, -0.2) is 29.4 Å². The molecule has 0 aliphatic heterocycles. The minimum absolute atomic E-state index is 0.105. The van der Waals surface area contributed by atoms with Gasteiger partial charge in [0.05, 0.1) is 6.61 Å². The molecule has 1 unspecified atom stereocenters. The fourth-order valence-electron chi connectivity index (χ4n) is 0.702. The van der Waals surface area contributed by atoms with Gasteiger partial charge >= 0.3 is 0 Å². The molecule has 7 nitrogen and oxygen atoms in total. The van der Waals surface area contributed by atoms with Crippen LogP contribution in [-0.2, 0) is 14.4 Å². The zero-order valence-corrected chi connectivity index (χ0v) is 7.98. The van der Waals surface area contributed by atoms with E-state index in [2.05, 4.69) is 10.2 Å². The third-order valence-electron chi connectivity index (χ3n) is 1.44. The zero-order valence-electron chi connectivity index (χ0n) is 7.98. The maximum absolute atomic E-state index is 10.8. The highest BCUT2D eigenvalue weighted by atomic mass is 16.9. The van der Waals surface area contributed by atoms with Crippen molar-refractivity contribution >= 4 is 11.7 Å². The number of Topliss-reactive ketones (excluding diaryl/α,β-unsaturated/α-hetero) is 1. The molecule has 1 N–H and O–H groups in total. The van der Waals surface area contributed by atoms with Crippen molar-refractivity contribution in [2.75, 3.05) is 6.61 Å². The van der Waals surface area contributed by atoms with Gasteiger partial charge in [0, 0.05) is 13.0 Å². The van der Waals surface area contributed by atoms with Crippen LogP contribution in [0.1, 0.15) is 20.3 Å². The molecule has 14 heavy (non-hydrogen) atoms. The number of nitrogens with one attached hydrogen (secondary N) is 1. The molecule has 80 valence electrons. The normalized spacial score (nSPS) is 11.6. The molecule has 7 heteroatoms. The molecular formula is C7H12N2O5. The van der Waals surface area contributed by atoms with E-state index in [0.29, 0.717) is 0 Å². The summed E-state index contributed by atoms with van der Waals surface area (Å²) in [7, 11) is 0. The summed E-state index contributed by atoms with van der Waals surface area (Å²) in [5, 5.41) is 11.2. The summed E-state index contributed by atoms with van der Waals surface area (Å²) >= 11 is 0. The third-order valence-corrected chi connectivity index (χ3v) is 1.44. The molecule has 0 aromatic heterocycles. The van der Waals surface area contributed by atoms with Crippen molar-refractivity contribution < 1.29 is 19.5 Å². The number of ketones is 1. The number of hydrogen-bond donors (Lipinski definition) is 1. The van der Waals surface area contributed by atoms with Crippen molar-refractivity contribution in [3.8, 4) is 0 Å². The molecule has 0 aliphatic carbocycles. The van der Waals surface area contributed by atoms with Crippen LogP contribution < -0.4 is 5.32 Å². The highest BCUT2D eigenvalue weighted by Crippen LogP contribution is 1.91. The molecule has 0 radical (unpaired) electrons. The number of hydrogen-bond acceptors (Lipinski definition) is 5. The van der Waals surface area contributed by atoms with Gasteiger partial charge in [0.2, 0.25) is 5.78 Å². The van der Waals surface area contributed by atoms with E-state index in [0.717, 1.165) is 6.92 Å². The Labute approximate surface area is 80.5 Å². The van der Waals surface area contributed by atoms with Gasteiger partial charge in [-0.15, -0.1) is 10.1 Å². The van der Waals surface area contributed by atoms with Gasteiger partial charge in [-0.05, 0) is 13.3 Å². The number of carbonyl (C=O) groups is 2. The molecule has 0 spiro atoms. The first-order valence-electron chi connectivity index (χ1n) is 4.02. The van der Waals surface area contributed by atoms with E-state index >= 15 is 0 Å². The van der Waals surface area contributed by atoms with E-state index in [1.54, 1.807) is 6.92 Å². The number of amides is 1. The van der Waals surface area contributed by atoms with Crippen LogP contribution >= 0.6 is 0 Å². The van der Waals surface area contributed by atoms with E-state index in [4.69, 9.17) is 0 Å². The lowest BCUT2D eigenvalue weighted by Gasteiger charge is -2.11. The second kappa shape index (κ2) is 5.90. The fourth-order valence-corrected chi connectivity index (χ4v) is 0.702. The fraction of sp³-hybridized carbons (Fsp3) is 0.714. The summed E-state index contributed by atoms with van der Waals surface area (Å²) in [6.45, 7) is 2.67. The third kappa shape index (κ3) is 5.92. The minimum Gasteiger partial charge on any atom is -0.347 e. The van der Waals surface area contributed by atoms with E-state index in [9.17, 15) is 19.7 Å². The van der Waals surface area contributed by atoms with Crippen LogP contribution in [0.3, 0.4) is 0 Å². The molecule has 0 fully saturated rings. The lowest BCUT2D eigenvalue weighted by atomic mass is 10.2. The van der Waals surface area contributed by atoms with Gasteiger partial charge in [-0.3, -0.25) is 9.59 Å². The first-order valence-corrected chi connectivity index (χ1v) is 4.02. The highest BCUT2D eigenvalue weighted by Gasteiger charge is 2.11. The predicted molar refractivity (Wildman–Crippen MR) is 45.8 cm³/mol. The van der Waals surface area contributed by atoms with Gasteiger partial charge in [0.25, 0.3) is 11.0 Å². The van der Waals surface area contributed by atoms with E-state index in [1.165, 1.54) is 0 Å². The quantitative estimate of drug-likeness (QED) is 0.363. The Kier molecular flexibility index (Phi) is 5.20. The summed E-state index contributed by atoms with van der Waals surface area (Å²) in [4.78, 5) is 35.1. The van der Waals surface area contributed by atoms with Crippen molar-refractivity contribution in [3.05, 3.63) is 10.1 Å². The van der Waals surface area contributed by atoms with Gasteiger partial charge in [0.15, 0.2) is 0 Å². The Balaban J connectivity index is 3.65. The maximum Gasteiger partial charge on any atom is 0.294 e. The van der Waals surface area contributed by atoms with E-state index in [-0.39, 0.29) is 19.1 Å². The van der Waals surface area contributed by atoms with Crippen molar-refractivity contribution in [3.63, 3.8) is 0 Å². The molecule has 0 bridgehead atoms. The smallest absolute Gasteiger partial charge is 0.294 e. The van der Waals surface area contributed by atoms with Crippen molar-refractivity contribution in [1.29, 1.82) is 0 Å². The second-order valence-corrected chi connectivity index (χ2v) is 2.78. The van der Waals surface area contributed by atoms with Crippen LogP contribution in [0.15, 0.2) is 0 Å². The molecule has 1 atom stereocenters. The topological polar surface area (TPSA) is 98.5 Å². The maximum atomic E-state index is 10.8. The van der Waals surface area contributed by atoms with Gasteiger partial charge in [0.1, 0.15) is 0 Å². The molecular weight excluding hydrogens is 192 g/mol.